The van der Waals surface area contributed by atoms with Crippen LogP contribution in [0.25, 0.3) is 0 Å². The number of benzene rings is 1. The van der Waals surface area contributed by atoms with Crippen LogP contribution in [0.5, 0.6) is 0 Å². The van der Waals surface area contributed by atoms with E-state index >= 15 is 0 Å². The van der Waals surface area contributed by atoms with Gasteiger partial charge >= 0.3 is 0 Å². The lowest BCUT2D eigenvalue weighted by Crippen LogP contribution is -2.16. The third-order valence-corrected chi connectivity index (χ3v) is 4.78. The first-order chi connectivity index (χ1) is 6.48. The van der Waals surface area contributed by atoms with Gasteiger partial charge in [-0.15, -0.1) is 0 Å². The van der Waals surface area contributed by atoms with E-state index in [4.69, 9.17) is 0 Å². The Morgan fingerprint density at radius 1 is 1.21 bits per heavy atom. The summed E-state index contributed by atoms with van der Waals surface area (Å²) in [6.07, 6.45) is 0.649. The maximum atomic E-state index is 11.9. The van der Waals surface area contributed by atoms with Gasteiger partial charge in [0.05, 0.1) is 10.1 Å². The lowest BCUT2D eigenvalue weighted by molar-refractivity contribution is 0.581. The summed E-state index contributed by atoms with van der Waals surface area (Å²) in [6, 6.07) is 7.01. The van der Waals surface area contributed by atoms with Crippen LogP contribution in [0.3, 0.4) is 0 Å². The van der Waals surface area contributed by atoms with Crippen molar-refractivity contribution in [2.45, 2.75) is 37.3 Å². The van der Waals surface area contributed by atoms with Gasteiger partial charge in [-0.05, 0) is 32.4 Å². The largest absolute Gasteiger partial charge is 0.223 e. The Bertz CT molecular complexity index is 390. The first-order valence-electron chi connectivity index (χ1n) is 4.79. The number of hydrogen-bond donors (Lipinski definition) is 0. The zero-order valence-corrected chi connectivity index (χ0v) is 9.64. The van der Waals surface area contributed by atoms with E-state index in [1.807, 2.05) is 26.0 Å². The molecule has 0 saturated heterocycles. The van der Waals surface area contributed by atoms with Crippen LogP contribution in [-0.2, 0) is 9.84 Å². The highest BCUT2D eigenvalue weighted by molar-refractivity contribution is 7.92. The molecule has 0 N–H and O–H groups in total. The van der Waals surface area contributed by atoms with E-state index in [9.17, 15) is 8.42 Å². The minimum Gasteiger partial charge on any atom is -0.223 e. The van der Waals surface area contributed by atoms with Gasteiger partial charge in [0.1, 0.15) is 0 Å². The van der Waals surface area contributed by atoms with Crippen molar-refractivity contribution >= 4 is 9.84 Å². The van der Waals surface area contributed by atoms with Gasteiger partial charge in [-0.3, -0.25) is 0 Å². The highest BCUT2D eigenvalue weighted by Gasteiger charge is 2.20. The molecule has 0 aliphatic rings. The molecule has 1 atom stereocenters. The van der Waals surface area contributed by atoms with Crippen LogP contribution in [0.15, 0.2) is 29.2 Å². The molecular formula is C11H16O2S. The van der Waals surface area contributed by atoms with Crippen LogP contribution in [-0.4, -0.2) is 13.7 Å². The highest BCUT2D eigenvalue weighted by atomic mass is 32.2. The molecule has 0 heterocycles. The Balaban J connectivity index is 3.11. The van der Waals surface area contributed by atoms with E-state index in [0.29, 0.717) is 11.3 Å². The third-order valence-electron chi connectivity index (χ3n) is 2.45. The monoisotopic (exact) mass is 212 g/mol. The highest BCUT2D eigenvalue weighted by Crippen LogP contribution is 2.18. The fourth-order valence-electron chi connectivity index (χ4n) is 1.18. The first-order valence-corrected chi connectivity index (χ1v) is 6.33. The number of hydrogen-bond acceptors (Lipinski definition) is 2. The van der Waals surface area contributed by atoms with Crippen molar-refractivity contribution in [1.82, 2.24) is 0 Å². The fraction of sp³-hybridized carbons (Fsp3) is 0.455. The first kappa shape index (κ1) is 11.2. The topological polar surface area (TPSA) is 34.1 Å². The van der Waals surface area contributed by atoms with E-state index in [1.165, 1.54) is 0 Å². The fourth-order valence-corrected chi connectivity index (χ4v) is 2.60. The molecule has 1 aromatic rings. The molecule has 0 saturated carbocycles. The number of sulfone groups is 1. The molecule has 0 bridgehead atoms. The zero-order chi connectivity index (χ0) is 10.8. The van der Waals surface area contributed by atoms with Crippen molar-refractivity contribution in [2.75, 3.05) is 0 Å². The lowest BCUT2D eigenvalue weighted by Gasteiger charge is -2.10. The second-order valence-electron chi connectivity index (χ2n) is 3.58. The Kier molecular flexibility index (Phi) is 3.32. The molecule has 1 aromatic carbocycles. The number of aryl methyl sites for hydroxylation is 1. The maximum Gasteiger partial charge on any atom is 0.180 e. The van der Waals surface area contributed by atoms with Crippen molar-refractivity contribution in [3.05, 3.63) is 29.8 Å². The Morgan fingerprint density at radius 2 is 1.71 bits per heavy atom. The summed E-state index contributed by atoms with van der Waals surface area (Å²) < 4.78 is 23.7. The summed E-state index contributed by atoms with van der Waals surface area (Å²) >= 11 is 0. The van der Waals surface area contributed by atoms with Gasteiger partial charge in [0, 0.05) is 0 Å². The van der Waals surface area contributed by atoms with Crippen LogP contribution in [0.2, 0.25) is 0 Å². The van der Waals surface area contributed by atoms with Gasteiger partial charge in [-0.2, -0.15) is 0 Å². The van der Waals surface area contributed by atoms with Crippen LogP contribution in [0.4, 0.5) is 0 Å². The van der Waals surface area contributed by atoms with Crippen LogP contribution < -0.4 is 0 Å². The smallest absolute Gasteiger partial charge is 0.180 e. The molecule has 0 aliphatic carbocycles. The van der Waals surface area contributed by atoms with E-state index in [-0.39, 0.29) is 5.25 Å². The Hall–Kier alpha value is -0.830. The second-order valence-corrected chi connectivity index (χ2v) is 5.94. The average molecular weight is 212 g/mol. The summed E-state index contributed by atoms with van der Waals surface area (Å²) in [5.41, 5.74) is 1.08. The molecule has 0 fully saturated rings. The molecule has 3 heteroatoms. The SMILES string of the molecule is CCC(C)S(=O)(=O)c1ccc(C)cc1. The summed E-state index contributed by atoms with van der Waals surface area (Å²) in [6.45, 7) is 5.57. The maximum absolute atomic E-state index is 11.9. The van der Waals surface area contributed by atoms with Crippen molar-refractivity contribution < 1.29 is 8.42 Å². The van der Waals surface area contributed by atoms with Crippen molar-refractivity contribution in [3.63, 3.8) is 0 Å². The van der Waals surface area contributed by atoms with Crippen molar-refractivity contribution in [2.24, 2.45) is 0 Å². The van der Waals surface area contributed by atoms with Crippen LogP contribution in [0, 0.1) is 6.92 Å². The van der Waals surface area contributed by atoms with Gasteiger partial charge in [-0.25, -0.2) is 8.42 Å². The molecule has 78 valence electrons. The summed E-state index contributed by atoms with van der Waals surface area (Å²) in [5, 5.41) is -0.301. The third kappa shape index (κ3) is 2.15. The van der Waals surface area contributed by atoms with Gasteiger partial charge in [0.2, 0.25) is 0 Å². The van der Waals surface area contributed by atoms with Gasteiger partial charge < -0.3 is 0 Å². The minimum absolute atomic E-state index is 0.301. The Labute approximate surface area is 85.9 Å². The summed E-state index contributed by atoms with van der Waals surface area (Å²) in [7, 11) is -3.11. The molecule has 0 radical (unpaired) electrons. The number of rotatable bonds is 3. The molecular weight excluding hydrogens is 196 g/mol. The van der Waals surface area contributed by atoms with Crippen molar-refractivity contribution in [3.8, 4) is 0 Å². The average Bonchev–Trinajstić information content (AvgIpc) is 2.17. The summed E-state index contributed by atoms with van der Waals surface area (Å²) in [4.78, 5) is 0.428. The predicted octanol–water partition coefficient (Wildman–Crippen LogP) is 2.57. The summed E-state index contributed by atoms with van der Waals surface area (Å²) in [5.74, 6) is 0. The lowest BCUT2D eigenvalue weighted by atomic mass is 10.2. The normalized spacial score (nSPS) is 13.9. The van der Waals surface area contributed by atoms with E-state index in [2.05, 4.69) is 0 Å². The predicted molar refractivity (Wildman–Crippen MR) is 58.1 cm³/mol. The molecule has 1 unspecified atom stereocenters. The van der Waals surface area contributed by atoms with Crippen molar-refractivity contribution in [1.29, 1.82) is 0 Å². The second kappa shape index (κ2) is 4.13. The Morgan fingerprint density at radius 3 is 2.14 bits per heavy atom. The quantitative estimate of drug-likeness (QED) is 0.771. The standard InChI is InChI=1S/C11H16O2S/c1-4-10(3)14(12,13)11-7-5-9(2)6-8-11/h5-8,10H,4H2,1-3H3. The molecule has 2 nitrogen and oxygen atoms in total. The zero-order valence-electron chi connectivity index (χ0n) is 8.82. The van der Waals surface area contributed by atoms with E-state index in [0.717, 1.165) is 5.56 Å². The molecule has 14 heavy (non-hydrogen) atoms. The molecule has 0 aliphatic heterocycles. The van der Waals surface area contributed by atoms with Gasteiger partial charge in [0.15, 0.2) is 9.84 Å². The van der Waals surface area contributed by atoms with Gasteiger partial charge in [-0.1, -0.05) is 24.6 Å². The molecule has 0 amide bonds. The minimum atomic E-state index is -3.11. The van der Waals surface area contributed by atoms with E-state index < -0.39 is 9.84 Å². The van der Waals surface area contributed by atoms with E-state index in [1.54, 1.807) is 19.1 Å². The van der Waals surface area contributed by atoms with Gasteiger partial charge in [0.25, 0.3) is 0 Å². The molecule has 0 aromatic heterocycles. The van der Waals surface area contributed by atoms with Crippen LogP contribution in [0.1, 0.15) is 25.8 Å². The molecule has 0 spiro atoms. The molecule has 1 rings (SSSR count). The van der Waals surface area contributed by atoms with Crippen LogP contribution >= 0.6 is 0 Å².